The largest absolute Gasteiger partial charge is 0.300 e. The zero-order chi connectivity index (χ0) is 15.2. The lowest BCUT2D eigenvalue weighted by atomic mass is 9.88. The van der Waals surface area contributed by atoms with Crippen molar-refractivity contribution < 1.29 is 0 Å². The van der Waals surface area contributed by atoms with E-state index in [4.69, 9.17) is 0 Å². The summed E-state index contributed by atoms with van der Waals surface area (Å²) in [6.45, 7) is 15.0. The normalized spacial score (nSPS) is 28.7. The van der Waals surface area contributed by atoms with Gasteiger partial charge in [0.05, 0.1) is 0 Å². The Bertz CT molecular complexity index is 283. The molecule has 0 amide bonds. The van der Waals surface area contributed by atoms with Gasteiger partial charge in [0.15, 0.2) is 0 Å². The minimum Gasteiger partial charge on any atom is -0.300 e. The molecule has 0 N–H and O–H groups in total. The standard InChI is InChI=1S/C19H38N2/c1-5-19(20-11-7-6-8-12-20)14-18-10-9-13-21(15-18)17(4)16(2)3/h16-19H,5-15H2,1-4H3/t17-,18?,19?/m1/s1. The van der Waals surface area contributed by atoms with Crippen LogP contribution in [0.2, 0.25) is 0 Å². The molecule has 0 aliphatic carbocycles. The maximum atomic E-state index is 2.80. The summed E-state index contributed by atoms with van der Waals surface area (Å²) in [5, 5.41) is 0. The van der Waals surface area contributed by atoms with Crippen molar-refractivity contribution in [2.45, 2.75) is 84.7 Å². The molecule has 0 spiro atoms. The molecule has 2 heterocycles. The van der Waals surface area contributed by atoms with Gasteiger partial charge in [-0.2, -0.15) is 0 Å². The van der Waals surface area contributed by atoms with Crippen LogP contribution in [0, 0.1) is 11.8 Å². The van der Waals surface area contributed by atoms with Crippen LogP contribution in [-0.4, -0.2) is 48.1 Å². The average Bonchev–Trinajstić information content (AvgIpc) is 2.53. The second-order valence-corrected chi connectivity index (χ2v) is 7.88. The summed E-state index contributed by atoms with van der Waals surface area (Å²) < 4.78 is 0. The van der Waals surface area contributed by atoms with Gasteiger partial charge in [0.1, 0.15) is 0 Å². The van der Waals surface area contributed by atoms with Crippen LogP contribution >= 0.6 is 0 Å². The monoisotopic (exact) mass is 294 g/mol. The van der Waals surface area contributed by atoms with Crippen molar-refractivity contribution in [3.05, 3.63) is 0 Å². The second kappa shape index (κ2) is 8.53. The van der Waals surface area contributed by atoms with Gasteiger partial charge in [-0.1, -0.05) is 27.2 Å². The van der Waals surface area contributed by atoms with E-state index >= 15 is 0 Å². The third-order valence-electron chi connectivity index (χ3n) is 6.07. The smallest absolute Gasteiger partial charge is 0.00957 e. The van der Waals surface area contributed by atoms with Crippen molar-refractivity contribution in [1.82, 2.24) is 9.80 Å². The van der Waals surface area contributed by atoms with E-state index in [0.717, 1.165) is 23.9 Å². The maximum absolute atomic E-state index is 2.80. The summed E-state index contributed by atoms with van der Waals surface area (Å²) >= 11 is 0. The molecule has 2 saturated heterocycles. The molecule has 2 aliphatic heterocycles. The van der Waals surface area contributed by atoms with Crippen molar-refractivity contribution >= 4 is 0 Å². The highest BCUT2D eigenvalue weighted by Gasteiger charge is 2.28. The van der Waals surface area contributed by atoms with Crippen LogP contribution in [0.25, 0.3) is 0 Å². The number of hydrogen-bond donors (Lipinski definition) is 0. The van der Waals surface area contributed by atoms with Crippen molar-refractivity contribution in [3.63, 3.8) is 0 Å². The summed E-state index contributed by atoms with van der Waals surface area (Å²) in [4.78, 5) is 5.57. The van der Waals surface area contributed by atoms with Crippen molar-refractivity contribution in [1.29, 1.82) is 0 Å². The van der Waals surface area contributed by atoms with Gasteiger partial charge in [-0.25, -0.2) is 0 Å². The van der Waals surface area contributed by atoms with E-state index in [9.17, 15) is 0 Å². The summed E-state index contributed by atoms with van der Waals surface area (Å²) in [6.07, 6.45) is 9.98. The van der Waals surface area contributed by atoms with Crippen LogP contribution in [0.3, 0.4) is 0 Å². The lowest BCUT2D eigenvalue weighted by Gasteiger charge is -2.41. The highest BCUT2D eigenvalue weighted by Crippen LogP contribution is 2.28. The van der Waals surface area contributed by atoms with Gasteiger partial charge in [0, 0.05) is 18.6 Å². The van der Waals surface area contributed by atoms with E-state index in [-0.39, 0.29) is 0 Å². The molecule has 124 valence electrons. The molecule has 2 aliphatic rings. The first-order valence-electron chi connectivity index (χ1n) is 9.60. The van der Waals surface area contributed by atoms with Crippen molar-refractivity contribution in [3.8, 4) is 0 Å². The zero-order valence-electron chi connectivity index (χ0n) is 15.0. The fourth-order valence-corrected chi connectivity index (χ4v) is 4.32. The lowest BCUT2D eigenvalue weighted by Crippen LogP contribution is -2.46. The molecule has 2 rings (SSSR count). The van der Waals surface area contributed by atoms with Gasteiger partial charge in [-0.15, -0.1) is 0 Å². The molecular weight excluding hydrogens is 256 g/mol. The minimum atomic E-state index is 0.753. The summed E-state index contributed by atoms with van der Waals surface area (Å²) in [5.74, 6) is 1.72. The SMILES string of the molecule is CCC(CC1CCCN([C@H](C)C(C)C)C1)N1CCCCC1. The molecule has 21 heavy (non-hydrogen) atoms. The first kappa shape index (κ1) is 17.3. The summed E-state index contributed by atoms with van der Waals surface area (Å²) in [5.41, 5.74) is 0. The molecule has 0 aromatic carbocycles. The van der Waals surface area contributed by atoms with E-state index in [1.165, 1.54) is 71.1 Å². The Kier molecular flexibility index (Phi) is 7.01. The summed E-state index contributed by atoms with van der Waals surface area (Å²) in [7, 11) is 0. The second-order valence-electron chi connectivity index (χ2n) is 7.88. The highest BCUT2D eigenvalue weighted by molar-refractivity contribution is 4.83. The first-order valence-corrected chi connectivity index (χ1v) is 9.60. The van der Waals surface area contributed by atoms with E-state index in [1.54, 1.807) is 0 Å². The number of likely N-dealkylation sites (tertiary alicyclic amines) is 2. The molecule has 2 nitrogen and oxygen atoms in total. The molecule has 2 unspecified atom stereocenters. The number of piperidine rings is 2. The maximum Gasteiger partial charge on any atom is 0.00957 e. The lowest BCUT2D eigenvalue weighted by molar-refractivity contribution is 0.0753. The fourth-order valence-electron chi connectivity index (χ4n) is 4.32. The van der Waals surface area contributed by atoms with Gasteiger partial charge in [0.25, 0.3) is 0 Å². The Labute approximate surface area is 133 Å². The molecule has 2 heteroatoms. The quantitative estimate of drug-likeness (QED) is 0.716. The minimum absolute atomic E-state index is 0.753. The highest BCUT2D eigenvalue weighted by atomic mass is 15.2. The molecular formula is C19H38N2. The van der Waals surface area contributed by atoms with Gasteiger partial charge in [-0.3, -0.25) is 0 Å². The molecule has 2 fully saturated rings. The predicted molar refractivity (Wildman–Crippen MR) is 92.7 cm³/mol. The van der Waals surface area contributed by atoms with Crippen LogP contribution in [0.1, 0.15) is 72.6 Å². The van der Waals surface area contributed by atoms with Crippen LogP contribution in [0.15, 0.2) is 0 Å². The van der Waals surface area contributed by atoms with E-state index in [0.29, 0.717) is 0 Å². The van der Waals surface area contributed by atoms with Crippen molar-refractivity contribution in [2.75, 3.05) is 26.2 Å². The summed E-state index contributed by atoms with van der Waals surface area (Å²) in [6, 6.07) is 1.60. The molecule has 0 radical (unpaired) electrons. The predicted octanol–water partition coefficient (Wildman–Crippen LogP) is 4.40. The number of nitrogens with zero attached hydrogens (tertiary/aromatic N) is 2. The Morgan fingerprint density at radius 3 is 2.19 bits per heavy atom. The topological polar surface area (TPSA) is 6.48 Å². The Morgan fingerprint density at radius 2 is 1.57 bits per heavy atom. The van der Waals surface area contributed by atoms with Gasteiger partial charge < -0.3 is 9.80 Å². The van der Waals surface area contributed by atoms with E-state index < -0.39 is 0 Å². The number of rotatable bonds is 6. The first-order chi connectivity index (χ1) is 10.1. The third-order valence-corrected chi connectivity index (χ3v) is 6.07. The Hall–Kier alpha value is -0.0800. The average molecular weight is 295 g/mol. The molecule has 3 atom stereocenters. The molecule has 0 saturated carbocycles. The van der Waals surface area contributed by atoms with Gasteiger partial charge in [0.2, 0.25) is 0 Å². The Morgan fingerprint density at radius 1 is 0.905 bits per heavy atom. The van der Waals surface area contributed by atoms with Crippen LogP contribution in [-0.2, 0) is 0 Å². The fraction of sp³-hybridized carbons (Fsp3) is 1.00. The third kappa shape index (κ3) is 4.96. The van der Waals surface area contributed by atoms with Crippen LogP contribution in [0.4, 0.5) is 0 Å². The van der Waals surface area contributed by atoms with Crippen LogP contribution in [0.5, 0.6) is 0 Å². The zero-order valence-corrected chi connectivity index (χ0v) is 15.0. The molecule has 0 bridgehead atoms. The number of hydrogen-bond acceptors (Lipinski definition) is 2. The Balaban J connectivity index is 1.85. The molecule has 0 aromatic rings. The van der Waals surface area contributed by atoms with E-state index in [2.05, 4.69) is 37.5 Å². The van der Waals surface area contributed by atoms with Crippen LogP contribution < -0.4 is 0 Å². The molecule has 0 aromatic heterocycles. The van der Waals surface area contributed by atoms with Crippen molar-refractivity contribution in [2.24, 2.45) is 11.8 Å². The van der Waals surface area contributed by atoms with E-state index in [1.807, 2.05) is 0 Å². The van der Waals surface area contributed by atoms with Gasteiger partial charge in [-0.05, 0) is 76.9 Å². The van der Waals surface area contributed by atoms with Gasteiger partial charge >= 0.3 is 0 Å².